The Morgan fingerprint density at radius 3 is 2.37 bits per heavy atom. The van der Waals surface area contributed by atoms with Crippen molar-refractivity contribution in [3.8, 4) is 5.75 Å². The summed E-state index contributed by atoms with van der Waals surface area (Å²) < 4.78 is 31.3. The summed E-state index contributed by atoms with van der Waals surface area (Å²) in [7, 11) is -2.28. The van der Waals surface area contributed by atoms with Gasteiger partial charge in [0, 0.05) is 24.2 Å². The van der Waals surface area contributed by atoms with Gasteiger partial charge >= 0.3 is 0 Å². The fraction of sp³-hybridized carbons (Fsp3) is 0.231. The molecule has 104 valence electrons. The van der Waals surface area contributed by atoms with Gasteiger partial charge < -0.3 is 4.74 Å². The van der Waals surface area contributed by atoms with Gasteiger partial charge in [-0.15, -0.1) is 13.2 Å². The zero-order valence-electron chi connectivity index (χ0n) is 10.7. The largest absolute Gasteiger partial charge is 0.495 e. The molecule has 0 aliphatic carbocycles. The molecule has 0 atom stereocenters. The Kier molecular flexibility index (Phi) is 5.60. The molecule has 0 saturated heterocycles. The molecule has 1 aromatic rings. The molecule has 0 bridgehead atoms. The second kappa shape index (κ2) is 6.75. The number of nitrogens with zero attached hydrogens (tertiary/aromatic N) is 1. The van der Waals surface area contributed by atoms with E-state index in [1.807, 2.05) is 0 Å². The first-order chi connectivity index (χ1) is 8.97. The summed E-state index contributed by atoms with van der Waals surface area (Å²) >= 11 is 5.83. The van der Waals surface area contributed by atoms with Crippen molar-refractivity contribution in [2.45, 2.75) is 4.90 Å². The summed E-state index contributed by atoms with van der Waals surface area (Å²) in [6.45, 7) is 7.50. The van der Waals surface area contributed by atoms with E-state index in [1.165, 1.54) is 41.8 Å². The molecule has 0 saturated carbocycles. The van der Waals surface area contributed by atoms with Crippen molar-refractivity contribution in [2.24, 2.45) is 0 Å². The van der Waals surface area contributed by atoms with Gasteiger partial charge in [-0.3, -0.25) is 0 Å². The van der Waals surface area contributed by atoms with Crippen LogP contribution in [0.1, 0.15) is 0 Å². The molecule has 0 aromatic heterocycles. The molecule has 1 aromatic carbocycles. The lowest BCUT2D eigenvalue weighted by molar-refractivity contribution is 0.398. The van der Waals surface area contributed by atoms with Crippen LogP contribution >= 0.6 is 11.6 Å². The zero-order chi connectivity index (χ0) is 14.5. The zero-order valence-corrected chi connectivity index (χ0v) is 12.2. The molecule has 1 rings (SSSR count). The van der Waals surface area contributed by atoms with Crippen molar-refractivity contribution in [3.63, 3.8) is 0 Å². The van der Waals surface area contributed by atoms with Crippen LogP contribution in [0, 0.1) is 0 Å². The van der Waals surface area contributed by atoms with Crippen LogP contribution in [-0.2, 0) is 10.0 Å². The number of hydrogen-bond donors (Lipinski definition) is 0. The van der Waals surface area contributed by atoms with E-state index >= 15 is 0 Å². The number of methoxy groups -OCH3 is 1. The van der Waals surface area contributed by atoms with E-state index in [2.05, 4.69) is 13.2 Å². The van der Waals surface area contributed by atoms with Crippen molar-refractivity contribution in [3.05, 3.63) is 48.5 Å². The number of ether oxygens (including phenoxy) is 1. The molecule has 0 spiro atoms. The van der Waals surface area contributed by atoms with Gasteiger partial charge in [0.25, 0.3) is 0 Å². The summed E-state index contributed by atoms with van der Waals surface area (Å²) in [5.41, 5.74) is 0. The normalized spacial score (nSPS) is 11.3. The minimum atomic E-state index is -3.68. The number of rotatable bonds is 7. The van der Waals surface area contributed by atoms with Gasteiger partial charge in [-0.25, -0.2) is 8.42 Å². The highest BCUT2D eigenvalue weighted by atomic mass is 35.5. The average Bonchev–Trinajstić information content (AvgIpc) is 2.38. The number of halogens is 1. The lowest BCUT2D eigenvalue weighted by Gasteiger charge is -2.20. The van der Waals surface area contributed by atoms with E-state index in [4.69, 9.17) is 16.3 Å². The van der Waals surface area contributed by atoms with Gasteiger partial charge in [0.2, 0.25) is 10.0 Å². The summed E-state index contributed by atoms with van der Waals surface area (Å²) in [5, 5.41) is 0.412. The molecule has 6 heteroatoms. The summed E-state index contributed by atoms with van der Waals surface area (Å²) in [6.07, 6.45) is 3.03. The highest BCUT2D eigenvalue weighted by Gasteiger charge is 2.26. The molecule has 0 amide bonds. The quantitative estimate of drug-likeness (QED) is 0.728. The van der Waals surface area contributed by atoms with Crippen LogP contribution in [0.25, 0.3) is 0 Å². The Morgan fingerprint density at radius 2 is 1.89 bits per heavy atom. The third kappa shape index (κ3) is 3.59. The van der Waals surface area contributed by atoms with Crippen LogP contribution < -0.4 is 4.74 Å². The molecular weight excluding hydrogens is 286 g/mol. The maximum Gasteiger partial charge on any atom is 0.247 e. The third-order valence-corrected chi connectivity index (χ3v) is 4.52. The fourth-order valence-corrected chi connectivity index (χ4v) is 3.23. The molecule has 0 aliphatic rings. The van der Waals surface area contributed by atoms with Gasteiger partial charge in [0.15, 0.2) is 0 Å². The van der Waals surface area contributed by atoms with Crippen LogP contribution in [0.3, 0.4) is 0 Å². The Balaban J connectivity index is 3.31. The van der Waals surface area contributed by atoms with E-state index in [1.54, 1.807) is 0 Å². The second-order valence-electron chi connectivity index (χ2n) is 3.69. The maximum atomic E-state index is 12.5. The summed E-state index contributed by atoms with van der Waals surface area (Å²) in [4.78, 5) is 0.0723. The van der Waals surface area contributed by atoms with Crippen LogP contribution in [0.4, 0.5) is 0 Å². The van der Waals surface area contributed by atoms with E-state index in [9.17, 15) is 8.42 Å². The average molecular weight is 302 g/mol. The Hall–Kier alpha value is -1.30. The van der Waals surface area contributed by atoms with Gasteiger partial charge in [-0.05, 0) is 12.1 Å². The van der Waals surface area contributed by atoms with Crippen LogP contribution in [0.15, 0.2) is 48.4 Å². The molecule has 0 aliphatic heterocycles. The maximum absolute atomic E-state index is 12.5. The van der Waals surface area contributed by atoms with E-state index in [0.717, 1.165) is 0 Å². The molecular formula is C13H16ClNO3S. The van der Waals surface area contributed by atoms with Crippen LogP contribution in [-0.4, -0.2) is 32.9 Å². The fourth-order valence-electron chi connectivity index (χ4n) is 1.55. The van der Waals surface area contributed by atoms with Crippen molar-refractivity contribution in [1.29, 1.82) is 0 Å². The van der Waals surface area contributed by atoms with Gasteiger partial charge in [-0.1, -0.05) is 23.8 Å². The van der Waals surface area contributed by atoms with Crippen LogP contribution in [0.5, 0.6) is 5.75 Å². The summed E-state index contributed by atoms with van der Waals surface area (Å²) in [5.74, 6) is 0.214. The topological polar surface area (TPSA) is 46.6 Å². The Morgan fingerprint density at radius 1 is 1.32 bits per heavy atom. The monoisotopic (exact) mass is 301 g/mol. The van der Waals surface area contributed by atoms with Crippen molar-refractivity contribution >= 4 is 21.6 Å². The highest BCUT2D eigenvalue weighted by Crippen LogP contribution is 2.29. The Labute approximate surface area is 119 Å². The molecule has 0 radical (unpaired) electrons. The number of sulfonamides is 1. The molecule has 0 N–H and O–H groups in total. The molecule has 19 heavy (non-hydrogen) atoms. The predicted octanol–water partition coefficient (Wildman–Crippen LogP) is 2.71. The van der Waals surface area contributed by atoms with E-state index in [-0.39, 0.29) is 23.7 Å². The second-order valence-corrected chi connectivity index (χ2v) is 6.04. The molecule has 0 fully saturated rings. The van der Waals surface area contributed by atoms with E-state index in [0.29, 0.717) is 5.02 Å². The standard InChI is InChI=1S/C13H16ClNO3S/c1-4-8-15(9-5-2)19(16,17)13-7-6-11(14)10-12(13)18-3/h4-7,10H,1-2,8-9H2,3H3. The van der Waals surface area contributed by atoms with Crippen molar-refractivity contribution in [2.75, 3.05) is 20.2 Å². The van der Waals surface area contributed by atoms with Gasteiger partial charge in [0.1, 0.15) is 10.6 Å². The lowest BCUT2D eigenvalue weighted by Crippen LogP contribution is -2.31. The predicted molar refractivity (Wildman–Crippen MR) is 77.2 cm³/mol. The van der Waals surface area contributed by atoms with Gasteiger partial charge in [-0.2, -0.15) is 4.31 Å². The third-order valence-electron chi connectivity index (χ3n) is 2.41. The SMILES string of the molecule is C=CCN(CC=C)S(=O)(=O)c1ccc(Cl)cc1OC. The lowest BCUT2D eigenvalue weighted by atomic mass is 10.3. The first kappa shape index (κ1) is 15.8. The van der Waals surface area contributed by atoms with Crippen LogP contribution in [0.2, 0.25) is 5.02 Å². The molecule has 0 heterocycles. The van der Waals surface area contributed by atoms with Gasteiger partial charge in [0.05, 0.1) is 7.11 Å². The smallest absolute Gasteiger partial charge is 0.247 e. The minimum absolute atomic E-state index is 0.0723. The summed E-state index contributed by atoms with van der Waals surface area (Å²) in [6, 6.07) is 4.40. The number of benzene rings is 1. The highest BCUT2D eigenvalue weighted by molar-refractivity contribution is 7.89. The minimum Gasteiger partial charge on any atom is -0.495 e. The van der Waals surface area contributed by atoms with Crippen molar-refractivity contribution < 1.29 is 13.2 Å². The van der Waals surface area contributed by atoms with E-state index < -0.39 is 10.0 Å². The molecule has 4 nitrogen and oxygen atoms in total. The Bertz CT molecular complexity index is 559. The molecule has 0 unspecified atom stereocenters. The first-order valence-electron chi connectivity index (χ1n) is 5.52. The van der Waals surface area contributed by atoms with Crippen molar-refractivity contribution in [1.82, 2.24) is 4.31 Å². The number of hydrogen-bond acceptors (Lipinski definition) is 3. The first-order valence-corrected chi connectivity index (χ1v) is 7.34.